The third-order valence-electron chi connectivity index (χ3n) is 3.46. The number of fused-ring (bicyclic) bond motifs is 1. The van der Waals surface area contributed by atoms with Gasteiger partial charge < -0.3 is 9.64 Å². The number of benzene rings is 1. The Balaban J connectivity index is 1.93. The number of carbonyl (C=O) groups excluding carboxylic acids is 2. The van der Waals surface area contributed by atoms with Crippen LogP contribution in [-0.2, 0) is 14.3 Å². The number of nitrogens with one attached hydrogen (secondary N) is 1. The van der Waals surface area contributed by atoms with Crippen molar-refractivity contribution in [2.24, 2.45) is 5.92 Å². The zero-order valence-corrected chi connectivity index (χ0v) is 12.3. The average Bonchev–Trinajstić information content (AvgIpc) is 3.02. The van der Waals surface area contributed by atoms with Crippen molar-refractivity contribution in [1.82, 2.24) is 10.2 Å². The van der Waals surface area contributed by atoms with E-state index in [1.165, 1.54) is 7.11 Å². The van der Waals surface area contributed by atoms with Crippen LogP contribution in [-0.4, -0.2) is 35.7 Å². The van der Waals surface area contributed by atoms with Gasteiger partial charge in [-0.1, -0.05) is 0 Å². The number of amides is 1. The zero-order chi connectivity index (χ0) is 14.3. The number of hydrogen-bond donors (Lipinski definition) is 1. The summed E-state index contributed by atoms with van der Waals surface area (Å²) < 4.78 is 5.47. The largest absolute Gasteiger partial charge is 0.469 e. The van der Waals surface area contributed by atoms with Gasteiger partial charge >= 0.3 is 5.97 Å². The molecule has 2 heterocycles. The molecule has 1 aliphatic heterocycles. The molecule has 1 unspecified atom stereocenters. The molecule has 0 radical (unpaired) electrons. The first-order valence-electron chi connectivity index (χ1n) is 6.12. The number of halogens is 1. The summed E-state index contributed by atoms with van der Waals surface area (Å²) in [6.07, 6.45) is 0.192. The maximum atomic E-state index is 12.0. The van der Waals surface area contributed by atoms with Crippen molar-refractivity contribution >= 4 is 44.4 Å². The van der Waals surface area contributed by atoms with E-state index in [0.717, 1.165) is 21.2 Å². The first-order chi connectivity index (χ1) is 9.60. The predicted molar refractivity (Wildman–Crippen MR) is 76.3 cm³/mol. The highest BCUT2D eigenvalue weighted by Crippen LogP contribution is 2.30. The van der Waals surface area contributed by atoms with Crippen LogP contribution in [0.1, 0.15) is 6.42 Å². The van der Waals surface area contributed by atoms with Crippen molar-refractivity contribution in [3.8, 4) is 0 Å². The minimum atomic E-state index is -0.393. The van der Waals surface area contributed by atoms with Crippen LogP contribution in [0.25, 0.3) is 10.9 Å². The predicted octanol–water partition coefficient (Wildman–Crippen LogP) is 1.85. The fraction of sp³-hybridized carbons (Fsp3) is 0.308. The molecule has 20 heavy (non-hydrogen) atoms. The molecule has 1 fully saturated rings. The van der Waals surface area contributed by atoms with Gasteiger partial charge in [0.15, 0.2) is 0 Å². The Labute approximate surface area is 123 Å². The number of methoxy groups -OCH3 is 1. The monoisotopic (exact) mass is 337 g/mol. The van der Waals surface area contributed by atoms with Crippen molar-refractivity contribution in [3.05, 3.63) is 22.8 Å². The Morgan fingerprint density at radius 2 is 2.35 bits per heavy atom. The van der Waals surface area contributed by atoms with E-state index in [2.05, 4.69) is 26.1 Å². The number of rotatable bonds is 2. The summed E-state index contributed by atoms with van der Waals surface area (Å²) in [5.74, 6) is -0.804. The summed E-state index contributed by atoms with van der Waals surface area (Å²) in [4.78, 5) is 25.2. The average molecular weight is 338 g/mol. The van der Waals surface area contributed by atoms with Crippen LogP contribution in [0.4, 0.5) is 5.69 Å². The second-order valence-corrected chi connectivity index (χ2v) is 5.46. The number of H-pyrrole nitrogens is 1. The van der Waals surface area contributed by atoms with E-state index in [9.17, 15) is 9.59 Å². The van der Waals surface area contributed by atoms with Gasteiger partial charge in [-0.25, -0.2) is 0 Å². The van der Waals surface area contributed by atoms with Gasteiger partial charge in [0, 0.05) is 24.0 Å². The fourth-order valence-electron chi connectivity index (χ4n) is 2.42. The third kappa shape index (κ3) is 2.07. The molecule has 1 aliphatic rings. The van der Waals surface area contributed by atoms with Crippen molar-refractivity contribution in [2.45, 2.75) is 6.42 Å². The molecule has 6 nitrogen and oxygen atoms in total. The Hall–Kier alpha value is -1.89. The van der Waals surface area contributed by atoms with E-state index in [1.54, 1.807) is 4.90 Å². The lowest BCUT2D eigenvalue weighted by Crippen LogP contribution is -2.26. The number of nitrogens with zero attached hydrogens (tertiary/aromatic N) is 2. The number of aromatic amines is 1. The minimum Gasteiger partial charge on any atom is -0.469 e. The molecule has 3 rings (SSSR count). The van der Waals surface area contributed by atoms with E-state index in [1.807, 2.05) is 18.2 Å². The van der Waals surface area contributed by atoms with Crippen molar-refractivity contribution in [2.75, 3.05) is 18.6 Å². The van der Waals surface area contributed by atoms with Gasteiger partial charge in [-0.15, -0.1) is 0 Å². The number of aromatic nitrogens is 2. The Morgan fingerprint density at radius 1 is 1.55 bits per heavy atom. The summed E-state index contributed by atoms with van der Waals surface area (Å²) in [5.41, 5.74) is 1.58. The Bertz CT molecular complexity index is 697. The van der Waals surface area contributed by atoms with Gasteiger partial charge in [-0.3, -0.25) is 14.7 Å². The zero-order valence-electron chi connectivity index (χ0n) is 10.7. The minimum absolute atomic E-state index is 0.0700. The van der Waals surface area contributed by atoms with Crippen LogP contribution < -0.4 is 4.90 Å². The first kappa shape index (κ1) is 13.1. The Morgan fingerprint density at radius 3 is 3.10 bits per heavy atom. The van der Waals surface area contributed by atoms with Crippen LogP contribution in [0, 0.1) is 5.92 Å². The standard InChI is InChI=1S/C13H12BrN3O3/c1-20-13(19)7-4-11(18)17(6-7)8-2-3-10-9(5-8)12(14)16-15-10/h2-3,5,7H,4,6H2,1H3,(H,15,16). The molecule has 0 bridgehead atoms. The van der Waals surface area contributed by atoms with Crippen LogP contribution in [0.5, 0.6) is 0 Å². The van der Waals surface area contributed by atoms with Crippen LogP contribution in [0.15, 0.2) is 22.8 Å². The molecular formula is C13H12BrN3O3. The molecule has 1 N–H and O–H groups in total. The molecule has 1 amide bonds. The lowest BCUT2D eigenvalue weighted by atomic mass is 10.1. The molecule has 0 saturated carbocycles. The number of hydrogen-bond acceptors (Lipinski definition) is 4. The van der Waals surface area contributed by atoms with Gasteiger partial charge in [-0.2, -0.15) is 5.10 Å². The molecule has 1 saturated heterocycles. The number of carbonyl (C=O) groups is 2. The van der Waals surface area contributed by atoms with E-state index in [-0.39, 0.29) is 18.3 Å². The van der Waals surface area contributed by atoms with Crippen molar-refractivity contribution in [3.63, 3.8) is 0 Å². The lowest BCUT2D eigenvalue weighted by Gasteiger charge is -2.16. The topological polar surface area (TPSA) is 75.3 Å². The van der Waals surface area contributed by atoms with Gasteiger partial charge in [0.25, 0.3) is 0 Å². The lowest BCUT2D eigenvalue weighted by molar-refractivity contribution is -0.145. The third-order valence-corrected chi connectivity index (χ3v) is 4.07. The van der Waals surface area contributed by atoms with Gasteiger partial charge in [0.2, 0.25) is 5.91 Å². The number of anilines is 1. The normalized spacial score (nSPS) is 18.8. The highest BCUT2D eigenvalue weighted by atomic mass is 79.9. The van der Waals surface area contributed by atoms with E-state index in [4.69, 9.17) is 4.74 Å². The van der Waals surface area contributed by atoms with Crippen LogP contribution >= 0.6 is 15.9 Å². The number of ether oxygens (including phenoxy) is 1. The van der Waals surface area contributed by atoms with E-state index < -0.39 is 5.92 Å². The fourth-order valence-corrected chi connectivity index (χ4v) is 2.82. The van der Waals surface area contributed by atoms with Crippen molar-refractivity contribution in [1.29, 1.82) is 0 Å². The summed E-state index contributed by atoms with van der Waals surface area (Å²) in [6, 6.07) is 5.54. The summed E-state index contributed by atoms with van der Waals surface area (Å²) in [7, 11) is 1.34. The second-order valence-electron chi connectivity index (χ2n) is 4.67. The molecule has 1 aromatic carbocycles. The summed E-state index contributed by atoms with van der Waals surface area (Å²) in [5, 5.41) is 7.84. The molecule has 0 spiro atoms. The van der Waals surface area contributed by atoms with Crippen LogP contribution in [0.2, 0.25) is 0 Å². The van der Waals surface area contributed by atoms with Crippen molar-refractivity contribution < 1.29 is 14.3 Å². The molecule has 104 valence electrons. The molecule has 2 aromatic rings. The highest BCUT2D eigenvalue weighted by Gasteiger charge is 2.35. The van der Waals surface area contributed by atoms with Gasteiger partial charge in [0.1, 0.15) is 4.60 Å². The van der Waals surface area contributed by atoms with E-state index in [0.29, 0.717) is 6.54 Å². The second kappa shape index (κ2) is 4.90. The quantitative estimate of drug-likeness (QED) is 0.848. The Kier molecular flexibility index (Phi) is 3.21. The maximum Gasteiger partial charge on any atom is 0.311 e. The summed E-state index contributed by atoms with van der Waals surface area (Å²) in [6.45, 7) is 0.354. The molecule has 1 atom stereocenters. The molecule has 1 aromatic heterocycles. The van der Waals surface area contributed by atoms with E-state index >= 15 is 0 Å². The molecule has 7 heteroatoms. The van der Waals surface area contributed by atoms with Gasteiger partial charge in [0.05, 0.1) is 18.5 Å². The van der Waals surface area contributed by atoms with Gasteiger partial charge in [-0.05, 0) is 34.1 Å². The number of esters is 1. The summed E-state index contributed by atoms with van der Waals surface area (Å²) >= 11 is 3.38. The van der Waals surface area contributed by atoms with Crippen LogP contribution in [0.3, 0.4) is 0 Å². The first-order valence-corrected chi connectivity index (χ1v) is 6.91. The molecular weight excluding hydrogens is 326 g/mol. The molecule has 0 aliphatic carbocycles. The SMILES string of the molecule is COC(=O)C1CC(=O)N(c2ccc3n[nH]c(Br)c3c2)C1. The maximum absolute atomic E-state index is 12.0. The smallest absolute Gasteiger partial charge is 0.311 e. The highest BCUT2D eigenvalue weighted by molar-refractivity contribution is 9.10.